The van der Waals surface area contributed by atoms with Crippen molar-refractivity contribution in [2.24, 2.45) is 0 Å². The van der Waals surface area contributed by atoms with E-state index in [2.05, 4.69) is 15.0 Å². The van der Waals surface area contributed by atoms with Gasteiger partial charge in [-0.05, 0) is 50.1 Å². The second-order valence-electron chi connectivity index (χ2n) is 6.46. The van der Waals surface area contributed by atoms with Crippen LogP contribution in [0, 0.1) is 0 Å². The van der Waals surface area contributed by atoms with Crippen LogP contribution in [0.4, 0.5) is 0 Å². The van der Waals surface area contributed by atoms with Crippen molar-refractivity contribution in [3.8, 4) is 5.69 Å². The zero-order valence-electron chi connectivity index (χ0n) is 14.0. The Morgan fingerprint density at radius 1 is 1.20 bits per heavy atom. The van der Waals surface area contributed by atoms with Gasteiger partial charge < -0.3 is 9.52 Å². The topological polar surface area (TPSA) is 67.3 Å². The number of aromatic nitrogens is 3. The molecule has 3 aromatic rings. The molecule has 0 saturated carbocycles. The van der Waals surface area contributed by atoms with Gasteiger partial charge in [-0.2, -0.15) is 5.10 Å². The van der Waals surface area contributed by atoms with E-state index in [0.717, 1.165) is 37.4 Å². The van der Waals surface area contributed by atoms with Crippen LogP contribution in [0.5, 0.6) is 0 Å². The van der Waals surface area contributed by atoms with Gasteiger partial charge >= 0.3 is 0 Å². The maximum atomic E-state index is 10.4. The molecule has 130 valence electrons. The van der Waals surface area contributed by atoms with Crippen molar-refractivity contribution in [1.82, 2.24) is 19.7 Å². The van der Waals surface area contributed by atoms with Gasteiger partial charge in [0.15, 0.2) is 0 Å². The third kappa shape index (κ3) is 3.50. The molecule has 0 unspecified atom stereocenters. The molecule has 2 aromatic heterocycles. The van der Waals surface area contributed by atoms with Crippen LogP contribution in [-0.2, 0) is 6.54 Å². The van der Waals surface area contributed by atoms with Gasteiger partial charge in [0.2, 0.25) is 0 Å². The van der Waals surface area contributed by atoms with E-state index in [1.165, 1.54) is 0 Å². The molecule has 1 saturated heterocycles. The smallest absolute Gasteiger partial charge is 0.146 e. The molecule has 4 rings (SSSR count). The van der Waals surface area contributed by atoms with E-state index in [1.807, 2.05) is 47.1 Å². The van der Waals surface area contributed by atoms with E-state index in [-0.39, 0.29) is 0 Å². The maximum Gasteiger partial charge on any atom is 0.146 e. The Morgan fingerprint density at radius 3 is 2.88 bits per heavy atom. The van der Waals surface area contributed by atoms with Crippen molar-refractivity contribution in [3.63, 3.8) is 0 Å². The Kier molecular flexibility index (Phi) is 4.63. The molecule has 0 radical (unpaired) electrons. The van der Waals surface area contributed by atoms with Crippen LogP contribution < -0.4 is 0 Å². The number of nitrogens with zero attached hydrogens (tertiary/aromatic N) is 4. The summed E-state index contributed by atoms with van der Waals surface area (Å²) in [7, 11) is 0. The van der Waals surface area contributed by atoms with Crippen LogP contribution >= 0.6 is 0 Å². The average molecular weight is 338 g/mol. The van der Waals surface area contributed by atoms with Crippen molar-refractivity contribution in [1.29, 1.82) is 0 Å². The highest BCUT2D eigenvalue weighted by atomic mass is 16.4. The third-order valence-corrected chi connectivity index (χ3v) is 4.83. The summed E-state index contributed by atoms with van der Waals surface area (Å²) in [5.74, 6) is 1.56. The van der Waals surface area contributed by atoms with Crippen molar-refractivity contribution in [2.45, 2.75) is 38.0 Å². The van der Waals surface area contributed by atoms with Crippen molar-refractivity contribution >= 4 is 0 Å². The first kappa shape index (κ1) is 16.1. The lowest BCUT2D eigenvalue weighted by Gasteiger charge is -2.25. The lowest BCUT2D eigenvalue weighted by molar-refractivity contribution is 0.0984. The highest BCUT2D eigenvalue weighted by Crippen LogP contribution is 2.28. The zero-order valence-corrected chi connectivity index (χ0v) is 14.0. The Morgan fingerprint density at radius 2 is 2.08 bits per heavy atom. The van der Waals surface area contributed by atoms with Gasteiger partial charge in [0, 0.05) is 6.04 Å². The van der Waals surface area contributed by atoms with E-state index in [1.54, 1.807) is 12.6 Å². The number of aliphatic hydroxyl groups is 1. The van der Waals surface area contributed by atoms with E-state index in [4.69, 9.17) is 4.42 Å². The Bertz CT molecular complexity index is 785. The molecule has 3 heterocycles. The molecule has 0 amide bonds. The number of likely N-dealkylation sites (tertiary alicyclic amines) is 1. The fourth-order valence-corrected chi connectivity index (χ4v) is 3.56. The largest absolute Gasteiger partial charge is 0.467 e. The molecule has 25 heavy (non-hydrogen) atoms. The van der Waals surface area contributed by atoms with Gasteiger partial charge in [0.1, 0.15) is 24.0 Å². The summed E-state index contributed by atoms with van der Waals surface area (Å²) in [6.45, 7) is 1.74. The molecule has 1 N–H and O–H groups in total. The Balaban J connectivity index is 1.46. The summed E-state index contributed by atoms with van der Waals surface area (Å²) >= 11 is 0. The molecule has 0 spiro atoms. The first-order valence-corrected chi connectivity index (χ1v) is 8.71. The van der Waals surface area contributed by atoms with E-state index in [0.29, 0.717) is 18.2 Å². The molecular formula is C19H22N4O2. The number of furan rings is 1. The lowest BCUT2D eigenvalue weighted by Crippen LogP contribution is -2.31. The predicted octanol–water partition coefficient (Wildman–Crippen LogP) is 2.95. The van der Waals surface area contributed by atoms with Crippen molar-refractivity contribution in [3.05, 3.63) is 66.6 Å². The minimum Gasteiger partial charge on any atom is -0.467 e. The Labute approximate surface area is 146 Å². The second-order valence-corrected chi connectivity index (χ2v) is 6.46. The number of aliphatic hydroxyl groups excluding tert-OH is 1. The van der Waals surface area contributed by atoms with Gasteiger partial charge in [-0.15, -0.1) is 0 Å². The van der Waals surface area contributed by atoms with E-state index in [9.17, 15) is 5.11 Å². The molecule has 1 aromatic carbocycles. The molecule has 2 atom stereocenters. The van der Waals surface area contributed by atoms with E-state index < -0.39 is 6.10 Å². The standard InChI is InChI=1S/C19H22N4O2/c24-17(18-9-5-11-25-18)12-16-8-4-10-22(16)13-19-20-14-21-23(19)15-6-2-1-3-7-15/h1-3,5-7,9,11,14,16-17,24H,4,8,10,12-13H2/t16-,17-/m1/s1. The monoisotopic (exact) mass is 338 g/mol. The average Bonchev–Trinajstić information content (AvgIpc) is 3.38. The van der Waals surface area contributed by atoms with Crippen LogP contribution in [0.1, 0.15) is 37.0 Å². The van der Waals surface area contributed by atoms with Gasteiger partial charge in [0.25, 0.3) is 0 Å². The van der Waals surface area contributed by atoms with E-state index >= 15 is 0 Å². The van der Waals surface area contributed by atoms with Crippen LogP contribution in [0.3, 0.4) is 0 Å². The number of benzene rings is 1. The molecular weight excluding hydrogens is 316 g/mol. The van der Waals surface area contributed by atoms with Crippen LogP contribution in [0.2, 0.25) is 0 Å². The first-order valence-electron chi connectivity index (χ1n) is 8.71. The summed E-state index contributed by atoms with van der Waals surface area (Å²) in [4.78, 5) is 6.83. The summed E-state index contributed by atoms with van der Waals surface area (Å²) in [5.41, 5.74) is 1.02. The van der Waals surface area contributed by atoms with Crippen LogP contribution in [-0.4, -0.2) is 37.4 Å². The highest BCUT2D eigenvalue weighted by molar-refractivity contribution is 5.30. The minimum absolute atomic E-state index is 0.320. The fraction of sp³-hybridized carbons (Fsp3) is 0.368. The van der Waals surface area contributed by atoms with Gasteiger partial charge in [-0.25, -0.2) is 9.67 Å². The van der Waals surface area contributed by atoms with Crippen LogP contribution in [0.15, 0.2) is 59.5 Å². The predicted molar refractivity (Wildman–Crippen MR) is 93.1 cm³/mol. The highest BCUT2D eigenvalue weighted by Gasteiger charge is 2.29. The maximum absolute atomic E-state index is 10.4. The van der Waals surface area contributed by atoms with Gasteiger partial charge in [-0.1, -0.05) is 18.2 Å². The molecule has 0 aliphatic carbocycles. The normalized spacial score (nSPS) is 19.3. The van der Waals surface area contributed by atoms with Gasteiger partial charge in [0.05, 0.1) is 18.5 Å². The second kappa shape index (κ2) is 7.21. The molecule has 6 nitrogen and oxygen atoms in total. The summed E-state index contributed by atoms with van der Waals surface area (Å²) < 4.78 is 7.22. The molecule has 6 heteroatoms. The molecule has 1 aliphatic rings. The fourth-order valence-electron chi connectivity index (χ4n) is 3.56. The summed E-state index contributed by atoms with van der Waals surface area (Å²) in [6.07, 6.45) is 5.53. The third-order valence-electron chi connectivity index (χ3n) is 4.83. The molecule has 0 bridgehead atoms. The number of hydrogen-bond acceptors (Lipinski definition) is 5. The molecule has 1 fully saturated rings. The SMILES string of the molecule is O[C@H](C[C@H]1CCCN1Cc1ncnn1-c1ccccc1)c1ccco1. The zero-order chi connectivity index (χ0) is 17.1. The first-order chi connectivity index (χ1) is 12.3. The van der Waals surface area contributed by atoms with Crippen LogP contribution in [0.25, 0.3) is 5.69 Å². The number of para-hydroxylation sites is 1. The molecule has 1 aliphatic heterocycles. The lowest BCUT2D eigenvalue weighted by atomic mass is 10.1. The van der Waals surface area contributed by atoms with Crippen molar-refractivity contribution < 1.29 is 9.52 Å². The van der Waals surface area contributed by atoms with Crippen molar-refractivity contribution in [2.75, 3.05) is 6.54 Å². The summed E-state index contributed by atoms with van der Waals surface area (Å²) in [5, 5.41) is 14.8. The van der Waals surface area contributed by atoms with Gasteiger partial charge in [-0.3, -0.25) is 4.90 Å². The quantitative estimate of drug-likeness (QED) is 0.748. The number of hydrogen-bond donors (Lipinski definition) is 1. The Hall–Kier alpha value is -2.44. The minimum atomic E-state index is -0.562. The summed E-state index contributed by atoms with van der Waals surface area (Å²) in [6, 6.07) is 14.0. The number of rotatable bonds is 6.